The second-order valence-electron chi connectivity index (χ2n) is 2.43. The standard InChI is InChI=1S/C9H8BrFO3/c1-13-8-5(9(12)14-2)3-4-6(11)7(8)10/h3-4H,1-2H3. The fourth-order valence-electron chi connectivity index (χ4n) is 1.00. The van der Waals surface area contributed by atoms with Crippen LogP contribution in [0.25, 0.3) is 0 Å². The Morgan fingerprint density at radius 1 is 1.43 bits per heavy atom. The van der Waals surface area contributed by atoms with E-state index in [-0.39, 0.29) is 15.8 Å². The number of benzene rings is 1. The minimum Gasteiger partial charge on any atom is -0.495 e. The highest BCUT2D eigenvalue weighted by Crippen LogP contribution is 2.31. The highest BCUT2D eigenvalue weighted by molar-refractivity contribution is 9.10. The summed E-state index contributed by atoms with van der Waals surface area (Å²) >= 11 is 2.98. The number of carbonyl (C=O) groups excluding carboxylic acids is 1. The molecule has 1 rings (SSSR count). The van der Waals surface area contributed by atoms with E-state index in [9.17, 15) is 9.18 Å². The Labute approximate surface area is 88.9 Å². The van der Waals surface area contributed by atoms with Crippen LogP contribution in [-0.4, -0.2) is 20.2 Å². The van der Waals surface area contributed by atoms with Gasteiger partial charge in [-0.1, -0.05) is 0 Å². The summed E-state index contributed by atoms with van der Waals surface area (Å²) in [6.07, 6.45) is 0. The van der Waals surface area contributed by atoms with E-state index in [2.05, 4.69) is 20.7 Å². The minimum atomic E-state index is -0.567. The minimum absolute atomic E-state index is 0.114. The molecule has 76 valence electrons. The fraction of sp³-hybridized carbons (Fsp3) is 0.222. The molecular formula is C9H8BrFO3. The Hall–Kier alpha value is -1.10. The van der Waals surface area contributed by atoms with E-state index < -0.39 is 11.8 Å². The molecule has 5 heteroatoms. The maximum atomic E-state index is 13.0. The average molecular weight is 263 g/mol. The summed E-state index contributed by atoms with van der Waals surface area (Å²) in [6, 6.07) is 2.48. The Bertz CT molecular complexity index is 365. The van der Waals surface area contributed by atoms with E-state index in [0.29, 0.717) is 0 Å². The monoisotopic (exact) mass is 262 g/mol. The van der Waals surface area contributed by atoms with Gasteiger partial charge in [0.05, 0.1) is 18.7 Å². The zero-order chi connectivity index (χ0) is 10.7. The molecular weight excluding hydrogens is 255 g/mol. The lowest BCUT2D eigenvalue weighted by molar-refractivity contribution is 0.0597. The van der Waals surface area contributed by atoms with Gasteiger partial charge in [-0.3, -0.25) is 0 Å². The van der Waals surface area contributed by atoms with Crippen molar-refractivity contribution in [2.45, 2.75) is 0 Å². The van der Waals surface area contributed by atoms with E-state index in [1.165, 1.54) is 26.4 Å². The SMILES string of the molecule is COC(=O)c1ccc(F)c(Br)c1OC. The summed E-state index contributed by atoms with van der Waals surface area (Å²) in [4.78, 5) is 11.2. The molecule has 0 aliphatic rings. The average Bonchev–Trinajstić information content (AvgIpc) is 2.20. The first-order valence-corrected chi connectivity index (χ1v) is 4.51. The zero-order valence-corrected chi connectivity index (χ0v) is 9.22. The Balaban J connectivity index is 3.31. The van der Waals surface area contributed by atoms with E-state index >= 15 is 0 Å². The van der Waals surface area contributed by atoms with Crippen molar-refractivity contribution >= 4 is 21.9 Å². The first-order valence-electron chi connectivity index (χ1n) is 3.72. The third-order valence-corrected chi connectivity index (χ3v) is 2.40. The van der Waals surface area contributed by atoms with E-state index in [1.807, 2.05) is 0 Å². The number of hydrogen-bond donors (Lipinski definition) is 0. The van der Waals surface area contributed by atoms with Gasteiger partial charge in [-0.15, -0.1) is 0 Å². The maximum absolute atomic E-state index is 13.0. The van der Waals surface area contributed by atoms with Crippen LogP contribution < -0.4 is 4.74 Å². The largest absolute Gasteiger partial charge is 0.495 e. The summed E-state index contributed by atoms with van der Waals surface area (Å²) in [5.41, 5.74) is 0.184. The van der Waals surface area contributed by atoms with E-state index in [0.717, 1.165) is 0 Å². The number of halogens is 2. The van der Waals surface area contributed by atoms with Gasteiger partial charge in [0.1, 0.15) is 11.4 Å². The van der Waals surface area contributed by atoms with Crippen LogP contribution >= 0.6 is 15.9 Å². The van der Waals surface area contributed by atoms with Crippen LogP contribution in [0.4, 0.5) is 4.39 Å². The van der Waals surface area contributed by atoms with Crippen molar-refractivity contribution in [2.24, 2.45) is 0 Å². The molecule has 14 heavy (non-hydrogen) atoms. The molecule has 0 saturated carbocycles. The van der Waals surface area contributed by atoms with Crippen LogP contribution in [-0.2, 0) is 4.74 Å². The smallest absolute Gasteiger partial charge is 0.341 e. The van der Waals surface area contributed by atoms with Crippen molar-refractivity contribution in [1.82, 2.24) is 0 Å². The van der Waals surface area contributed by atoms with E-state index in [1.54, 1.807) is 0 Å². The van der Waals surface area contributed by atoms with Crippen molar-refractivity contribution in [3.05, 3.63) is 28.0 Å². The number of carbonyl (C=O) groups is 1. The summed E-state index contributed by atoms with van der Waals surface area (Å²) in [5, 5.41) is 0. The second-order valence-corrected chi connectivity index (χ2v) is 3.23. The summed E-state index contributed by atoms with van der Waals surface area (Å²) < 4.78 is 22.6. The van der Waals surface area contributed by atoms with Crippen molar-refractivity contribution < 1.29 is 18.7 Å². The number of rotatable bonds is 2. The van der Waals surface area contributed by atoms with Gasteiger partial charge in [0, 0.05) is 0 Å². The van der Waals surface area contributed by atoms with Gasteiger partial charge in [-0.2, -0.15) is 0 Å². The van der Waals surface area contributed by atoms with Crippen LogP contribution in [0.1, 0.15) is 10.4 Å². The normalized spacial score (nSPS) is 9.71. The fourth-order valence-corrected chi connectivity index (χ4v) is 1.51. The van der Waals surface area contributed by atoms with Crippen molar-refractivity contribution in [2.75, 3.05) is 14.2 Å². The third kappa shape index (κ3) is 1.87. The lowest BCUT2D eigenvalue weighted by Gasteiger charge is -2.08. The molecule has 0 bridgehead atoms. The maximum Gasteiger partial charge on any atom is 0.341 e. The molecule has 0 aromatic heterocycles. The molecule has 0 amide bonds. The molecule has 3 nitrogen and oxygen atoms in total. The summed E-state index contributed by atoms with van der Waals surface area (Å²) in [6.45, 7) is 0. The second kappa shape index (κ2) is 4.41. The van der Waals surface area contributed by atoms with Gasteiger partial charge >= 0.3 is 5.97 Å². The number of esters is 1. The van der Waals surface area contributed by atoms with Crippen LogP contribution in [0.15, 0.2) is 16.6 Å². The van der Waals surface area contributed by atoms with E-state index in [4.69, 9.17) is 4.74 Å². The van der Waals surface area contributed by atoms with Crippen LogP contribution in [0.2, 0.25) is 0 Å². The predicted octanol–water partition coefficient (Wildman–Crippen LogP) is 2.38. The number of hydrogen-bond acceptors (Lipinski definition) is 3. The van der Waals surface area contributed by atoms with Crippen molar-refractivity contribution in [1.29, 1.82) is 0 Å². The molecule has 0 spiro atoms. The Morgan fingerprint density at radius 3 is 2.57 bits per heavy atom. The van der Waals surface area contributed by atoms with Gasteiger partial charge in [0.25, 0.3) is 0 Å². The molecule has 0 heterocycles. The first-order chi connectivity index (χ1) is 6.61. The van der Waals surface area contributed by atoms with Crippen LogP contribution in [0.5, 0.6) is 5.75 Å². The molecule has 0 N–H and O–H groups in total. The predicted molar refractivity (Wildman–Crippen MR) is 52.0 cm³/mol. The Morgan fingerprint density at radius 2 is 2.07 bits per heavy atom. The molecule has 0 saturated heterocycles. The van der Waals surface area contributed by atoms with Gasteiger partial charge in [-0.25, -0.2) is 9.18 Å². The quantitative estimate of drug-likeness (QED) is 0.768. The highest BCUT2D eigenvalue weighted by Gasteiger charge is 2.17. The van der Waals surface area contributed by atoms with Crippen LogP contribution in [0, 0.1) is 5.82 Å². The molecule has 0 unspecified atom stereocenters. The third-order valence-electron chi connectivity index (χ3n) is 1.66. The molecule has 1 aromatic carbocycles. The Kier molecular flexibility index (Phi) is 3.46. The lowest BCUT2D eigenvalue weighted by atomic mass is 10.2. The molecule has 0 atom stereocenters. The molecule has 0 aliphatic heterocycles. The molecule has 0 radical (unpaired) electrons. The molecule has 1 aromatic rings. The number of methoxy groups -OCH3 is 2. The lowest BCUT2D eigenvalue weighted by Crippen LogP contribution is -2.05. The first kappa shape index (κ1) is 11.0. The highest BCUT2D eigenvalue weighted by atomic mass is 79.9. The van der Waals surface area contributed by atoms with Gasteiger partial charge in [0.15, 0.2) is 5.75 Å². The summed E-state index contributed by atoms with van der Waals surface area (Å²) in [5.74, 6) is -0.922. The zero-order valence-electron chi connectivity index (χ0n) is 7.64. The van der Waals surface area contributed by atoms with Crippen molar-refractivity contribution in [3.63, 3.8) is 0 Å². The van der Waals surface area contributed by atoms with Gasteiger partial charge in [0.2, 0.25) is 0 Å². The number of ether oxygens (including phenoxy) is 2. The van der Waals surface area contributed by atoms with Gasteiger partial charge in [-0.05, 0) is 28.1 Å². The molecule has 0 aliphatic carbocycles. The van der Waals surface area contributed by atoms with Crippen LogP contribution in [0.3, 0.4) is 0 Å². The van der Waals surface area contributed by atoms with Crippen molar-refractivity contribution in [3.8, 4) is 5.75 Å². The van der Waals surface area contributed by atoms with Gasteiger partial charge < -0.3 is 9.47 Å². The summed E-state index contributed by atoms with van der Waals surface area (Å²) in [7, 11) is 2.60. The topological polar surface area (TPSA) is 35.5 Å². The molecule has 0 fully saturated rings.